The van der Waals surface area contributed by atoms with Crippen LogP contribution in [0.1, 0.15) is 28.8 Å². The predicted molar refractivity (Wildman–Crippen MR) is 100 cm³/mol. The van der Waals surface area contributed by atoms with Gasteiger partial charge in [-0.1, -0.05) is 29.8 Å². The smallest absolute Gasteiger partial charge is 0.251 e. The standard InChI is InChI=1S/C20H23ClN2O2/c1-25-19-5-3-2-4-16(19)14-23-12-10-18(11-13-23)22-20(24)15-6-8-17(21)9-7-15/h2-9,18H,10-14H2,1H3,(H,22,24). The van der Waals surface area contributed by atoms with Crippen LogP contribution in [0.3, 0.4) is 0 Å². The normalized spacial score (nSPS) is 15.8. The average molecular weight is 359 g/mol. The van der Waals surface area contributed by atoms with E-state index in [-0.39, 0.29) is 11.9 Å². The fourth-order valence-corrected chi connectivity index (χ4v) is 3.31. The summed E-state index contributed by atoms with van der Waals surface area (Å²) in [6, 6.07) is 15.3. The van der Waals surface area contributed by atoms with Gasteiger partial charge in [0.15, 0.2) is 0 Å². The molecule has 1 fully saturated rings. The van der Waals surface area contributed by atoms with Crippen LogP contribution in [0.4, 0.5) is 0 Å². The van der Waals surface area contributed by atoms with Gasteiger partial charge in [-0.3, -0.25) is 9.69 Å². The third kappa shape index (κ3) is 4.74. The number of para-hydroxylation sites is 1. The molecule has 1 N–H and O–H groups in total. The molecule has 132 valence electrons. The van der Waals surface area contributed by atoms with Crippen molar-refractivity contribution in [2.45, 2.75) is 25.4 Å². The van der Waals surface area contributed by atoms with E-state index >= 15 is 0 Å². The van der Waals surface area contributed by atoms with Crippen LogP contribution in [-0.2, 0) is 6.54 Å². The first kappa shape index (κ1) is 17.8. The van der Waals surface area contributed by atoms with Gasteiger partial charge >= 0.3 is 0 Å². The third-order valence-corrected chi connectivity index (χ3v) is 4.87. The summed E-state index contributed by atoms with van der Waals surface area (Å²) in [5.41, 5.74) is 1.86. The number of halogens is 1. The molecule has 0 aromatic heterocycles. The van der Waals surface area contributed by atoms with Gasteiger partial charge in [0.1, 0.15) is 5.75 Å². The summed E-state index contributed by atoms with van der Waals surface area (Å²) >= 11 is 5.87. The van der Waals surface area contributed by atoms with Crippen LogP contribution in [0.25, 0.3) is 0 Å². The van der Waals surface area contributed by atoms with Crippen LogP contribution in [0.2, 0.25) is 5.02 Å². The zero-order valence-corrected chi connectivity index (χ0v) is 15.1. The molecule has 0 saturated carbocycles. The Hall–Kier alpha value is -2.04. The van der Waals surface area contributed by atoms with Crippen LogP contribution in [0.15, 0.2) is 48.5 Å². The van der Waals surface area contributed by atoms with Crippen LogP contribution in [0, 0.1) is 0 Å². The minimum Gasteiger partial charge on any atom is -0.496 e. The Kier molecular flexibility index (Phi) is 5.95. The molecule has 1 amide bonds. The van der Waals surface area contributed by atoms with E-state index in [1.54, 1.807) is 31.4 Å². The number of likely N-dealkylation sites (tertiary alicyclic amines) is 1. The Morgan fingerprint density at radius 2 is 1.84 bits per heavy atom. The molecule has 2 aromatic carbocycles. The Balaban J connectivity index is 1.50. The lowest BCUT2D eigenvalue weighted by molar-refractivity contribution is 0.0909. The second-order valence-corrected chi connectivity index (χ2v) is 6.78. The fraction of sp³-hybridized carbons (Fsp3) is 0.350. The number of rotatable bonds is 5. The summed E-state index contributed by atoms with van der Waals surface area (Å²) in [5, 5.41) is 3.77. The largest absolute Gasteiger partial charge is 0.496 e. The molecule has 0 atom stereocenters. The van der Waals surface area contributed by atoms with Gasteiger partial charge in [0.25, 0.3) is 5.91 Å². The van der Waals surface area contributed by atoms with E-state index in [1.807, 2.05) is 18.2 Å². The van der Waals surface area contributed by atoms with Crippen molar-refractivity contribution in [2.75, 3.05) is 20.2 Å². The molecule has 0 spiro atoms. The lowest BCUT2D eigenvalue weighted by atomic mass is 10.0. The maximum atomic E-state index is 12.3. The molecule has 1 aliphatic rings. The van der Waals surface area contributed by atoms with Crippen LogP contribution < -0.4 is 10.1 Å². The van der Waals surface area contributed by atoms with Gasteiger partial charge in [0.2, 0.25) is 0 Å². The number of carbonyl (C=O) groups excluding carboxylic acids is 1. The SMILES string of the molecule is COc1ccccc1CN1CCC(NC(=O)c2ccc(Cl)cc2)CC1. The Bertz CT molecular complexity index is 710. The lowest BCUT2D eigenvalue weighted by Crippen LogP contribution is -2.44. The lowest BCUT2D eigenvalue weighted by Gasteiger charge is -2.32. The first-order valence-electron chi connectivity index (χ1n) is 8.56. The molecule has 3 rings (SSSR count). The second-order valence-electron chi connectivity index (χ2n) is 6.34. The van der Waals surface area contributed by atoms with Crippen molar-refractivity contribution in [3.8, 4) is 5.75 Å². The van der Waals surface area contributed by atoms with E-state index in [2.05, 4.69) is 16.3 Å². The number of nitrogens with one attached hydrogen (secondary N) is 1. The first-order chi connectivity index (χ1) is 12.2. The number of hydrogen-bond acceptors (Lipinski definition) is 3. The summed E-state index contributed by atoms with van der Waals surface area (Å²) in [7, 11) is 1.71. The van der Waals surface area contributed by atoms with Gasteiger partial charge in [0.05, 0.1) is 7.11 Å². The van der Waals surface area contributed by atoms with E-state index < -0.39 is 0 Å². The molecular formula is C20H23ClN2O2. The Morgan fingerprint density at radius 1 is 1.16 bits per heavy atom. The molecule has 2 aromatic rings. The molecular weight excluding hydrogens is 336 g/mol. The van der Waals surface area contributed by atoms with Crippen molar-refractivity contribution in [2.24, 2.45) is 0 Å². The van der Waals surface area contributed by atoms with Crippen molar-refractivity contribution in [3.63, 3.8) is 0 Å². The topological polar surface area (TPSA) is 41.6 Å². The van der Waals surface area contributed by atoms with Gasteiger partial charge in [-0.05, 0) is 43.2 Å². The van der Waals surface area contributed by atoms with Crippen LogP contribution in [-0.4, -0.2) is 37.0 Å². The maximum absolute atomic E-state index is 12.3. The first-order valence-corrected chi connectivity index (χ1v) is 8.94. The molecule has 0 unspecified atom stereocenters. The molecule has 4 nitrogen and oxygen atoms in total. The van der Waals surface area contributed by atoms with Gasteiger partial charge in [-0.25, -0.2) is 0 Å². The second kappa shape index (κ2) is 8.37. The number of ether oxygens (including phenoxy) is 1. The summed E-state index contributed by atoms with van der Waals surface area (Å²) in [4.78, 5) is 14.7. The van der Waals surface area contributed by atoms with Gasteiger partial charge in [-0.2, -0.15) is 0 Å². The van der Waals surface area contributed by atoms with E-state index in [4.69, 9.17) is 16.3 Å². The molecule has 1 saturated heterocycles. The van der Waals surface area contributed by atoms with Gasteiger partial charge in [-0.15, -0.1) is 0 Å². The fourth-order valence-electron chi connectivity index (χ4n) is 3.18. The molecule has 1 aliphatic heterocycles. The quantitative estimate of drug-likeness (QED) is 0.885. The Morgan fingerprint density at radius 3 is 2.52 bits per heavy atom. The highest BCUT2D eigenvalue weighted by atomic mass is 35.5. The van der Waals surface area contributed by atoms with E-state index in [0.717, 1.165) is 38.2 Å². The average Bonchev–Trinajstić information content (AvgIpc) is 2.64. The van der Waals surface area contributed by atoms with Crippen molar-refractivity contribution in [3.05, 3.63) is 64.7 Å². The van der Waals surface area contributed by atoms with Gasteiger partial charge < -0.3 is 10.1 Å². The third-order valence-electron chi connectivity index (χ3n) is 4.62. The van der Waals surface area contributed by atoms with E-state index in [9.17, 15) is 4.79 Å². The molecule has 0 radical (unpaired) electrons. The minimum absolute atomic E-state index is 0.0279. The molecule has 25 heavy (non-hydrogen) atoms. The number of benzene rings is 2. The Labute approximate surface area is 153 Å². The summed E-state index contributed by atoms with van der Waals surface area (Å²) in [5.74, 6) is 0.903. The van der Waals surface area contributed by atoms with Crippen molar-refractivity contribution in [1.29, 1.82) is 0 Å². The zero-order chi connectivity index (χ0) is 17.6. The highest BCUT2D eigenvalue weighted by Crippen LogP contribution is 2.21. The predicted octanol–water partition coefficient (Wildman–Crippen LogP) is 3.74. The van der Waals surface area contributed by atoms with Crippen molar-refractivity contribution < 1.29 is 9.53 Å². The molecule has 0 aliphatic carbocycles. The molecule has 0 bridgehead atoms. The number of methoxy groups -OCH3 is 1. The maximum Gasteiger partial charge on any atom is 0.251 e. The summed E-state index contributed by atoms with van der Waals surface area (Å²) in [6.07, 6.45) is 1.91. The molecule has 1 heterocycles. The number of amides is 1. The van der Waals surface area contributed by atoms with Crippen molar-refractivity contribution in [1.82, 2.24) is 10.2 Å². The zero-order valence-electron chi connectivity index (χ0n) is 14.4. The van der Waals surface area contributed by atoms with Crippen molar-refractivity contribution >= 4 is 17.5 Å². The van der Waals surface area contributed by atoms with Gasteiger partial charge in [0, 0.05) is 41.8 Å². The molecule has 5 heteroatoms. The van der Waals surface area contributed by atoms with Crippen LogP contribution >= 0.6 is 11.6 Å². The minimum atomic E-state index is -0.0279. The number of hydrogen-bond donors (Lipinski definition) is 1. The number of carbonyl (C=O) groups is 1. The summed E-state index contributed by atoms with van der Waals surface area (Å²) in [6.45, 7) is 2.80. The number of nitrogens with zero attached hydrogens (tertiary/aromatic N) is 1. The number of piperidine rings is 1. The highest BCUT2D eigenvalue weighted by Gasteiger charge is 2.21. The highest BCUT2D eigenvalue weighted by molar-refractivity contribution is 6.30. The van der Waals surface area contributed by atoms with E-state index in [0.29, 0.717) is 10.6 Å². The van der Waals surface area contributed by atoms with E-state index in [1.165, 1.54) is 5.56 Å². The van der Waals surface area contributed by atoms with Crippen LogP contribution in [0.5, 0.6) is 5.75 Å². The summed E-state index contributed by atoms with van der Waals surface area (Å²) < 4.78 is 5.42. The monoisotopic (exact) mass is 358 g/mol.